The Kier molecular flexibility index (Phi) is 6.21. The summed E-state index contributed by atoms with van der Waals surface area (Å²) in [6.07, 6.45) is 6.13. The summed E-state index contributed by atoms with van der Waals surface area (Å²) in [6, 6.07) is 6.61. The summed E-state index contributed by atoms with van der Waals surface area (Å²) in [4.78, 5) is 16.4. The van der Waals surface area contributed by atoms with Crippen LogP contribution in [0.15, 0.2) is 36.5 Å². The SMILES string of the molecule is CSN1CCC(CC(=O)Nc2ccc(-c3cc(F)cc(F)c3)nc2)CC1. The molecule has 2 heterocycles. The minimum Gasteiger partial charge on any atom is -0.325 e. The first-order valence-electron chi connectivity index (χ1n) is 8.55. The van der Waals surface area contributed by atoms with E-state index >= 15 is 0 Å². The van der Waals surface area contributed by atoms with Crippen LogP contribution in [0.4, 0.5) is 14.5 Å². The van der Waals surface area contributed by atoms with Crippen molar-refractivity contribution in [3.05, 3.63) is 48.2 Å². The van der Waals surface area contributed by atoms with Crippen LogP contribution in [0.2, 0.25) is 0 Å². The molecular weight excluding hydrogens is 356 g/mol. The highest BCUT2D eigenvalue weighted by Gasteiger charge is 2.21. The molecule has 1 aliphatic heterocycles. The first-order chi connectivity index (χ1) is 12.5. The van der Waals surface area contributed by atoms with E-state index in [2.05, 4.69) is 20.9 Å². The monoisotopic (exact) mass is 377 g/mol. The molecule has 2 aromatic rings. The van der Waals surface area contributed by atoms with Crippen molar-refractivity contribution in [2.24, 2.45) is 5.92 Å². The normalized spacial score (nSPS) is 15.8. The molecule has 0 bridgehead atoms. The minimum atomic E-state index is -0.647. The topological polar surface area (TPSA) is 45.2 Å². The average Bonchev–Trinajstić information content (AvgIpc) is 2.62. The highest BCUT2D eigenvalue weighted by Crippen LogP contribution is 2.25. The molecule has 1 saturated heterocycles. The Morgan fingerprint density at radius 3 is 2.50 bits per heavy atom. The van der Waals surface area contributed by atoms with Gasteiger partial charge in [0.05, 0.1) is 17.6 Å². The van der Waals surface area contributed by atoms with E-state index in [1.807, 2.05) is 0 Å². The Labute approximate surface area is 156 Å². The van der Waals surface area contributed by atoms with E-state index < -0.39 is 11.6 Å². The molecule has 138 valence electrons. The van der Waals surface area contributed by atoms with Crippen LogP contribution in [-0.2, 0) is 4.79 Å². The zero-order valence-corrected chi connectivity index (χ0v) is 15.4. The fraction of sp³-hybridized carbons (Fsp3) is 0.368. The molecule has 0 spiro atoms. The van der Waals surface area contributed by atoms with Crippen LogP contribution in [0.5, 0.6) is 0 Å². The van der Waals surface area contributed by atoms with Crippen LogP contribution in [0.1, 0.15) is 19.3 Å². The van der Waals surface area contributed by atoms with Gasteiger partial charge in [-0.3, -0.25) is 14.1 Å². The third kappa shape index (κ3) is 5.02. The van der Waals surface area contributed by atoms with Crippen molar-refractivity contribution in [2.45, 2.75) is 19.3 Å². The Bertz CT molecular complexity index is 742. The molecule has 1 aromatic heterocycles. The van der Waals surface area contributed by atoms with Gasteiger partial charge in [0, 0.05) is 31.1 Å². The first kappa shape index (κ1) is 18.8. The molecule has 0 atom stereocenters. The smallest absolute Gasteiger partial charge is 0.224 e. The molecule has 0 aliphatic carbocycles. The van der Waals surface area contributed by atoms with Gasteiger partial charge < -0.3 is 5.32 Å². The van der Waals surface area contributed by atoms with Crippen LogP contribution in [0.25, 0.3) is 11.3 Å². The predicted molar refractivity (Wildman–Crippen MR) is 101 cm³/mol. The van der Waals surface area contributed by atoms with Gasteiger partial charge in [-0.2, -0.15) is 0 Å². The second-order valence-corrected chi connectivity index (χ2v) is 7.28. The zero-order valence-electron chi connectivity index (χ0n) is 14.5. The van der Waals surface area contributed by atoms with Crippen LogP contribution >= 0.6 is 11.9 Å². The van der Waals surface area contributed by atoms with Gasteiger partial charge in [0.2, 0.25) is 5.91 Å². The third-order valence-corrected chi connectivity index (χ3v) is 5.39. The van der Waals surface area contributed by atoms with Gasteiger partial charge in [-0.05, 0) is 49.3 Å². The van der Waals surface area contributed by atoms with Crippen LogP contribution in [0.3, 0.4) is 0 Å². The van der Waals surface area contributed by atoms with Crippen molar-refractivity contribution >= 4 is 23.5 Å². The number of halogens is 2. The van der Waals surface area contributed by atoms with Gasteiger partial charge >= 0.3 is 0 Å². The summed E-state index contributed by atoms with van der Waals surface area (Å²) in [5.41, 5.74) is 1.39. The molecule has 1 fully saturated rings. The van der Waals surface area contributed by atoms with Gasteiger partial charge in [-0.1, -0.05) is 11.9 Å². The maximum absolute atomic E-state index is 13.3. The van der Waals surface area contributed by atoms with E-state index in [0.717, 1.165) is 32.0 Å². The number of benzene rings is 1. The quantitative estimate of drug-likeness (QED) is 0.787. The number of hydrogen-bond acceptors (Lipinski definition) is 4. The van der Waals surface area contributed by atoms with Gasteiger partial charge in [-0.15, -0.1) is 0 Å². The van der Waals surface area contributed by atoms with Crippen molar-refractivity contribution in [1.29, 1.82) is 0 Å². The molecule has 0 unspecified atom stereocenters. The standard InChI is InChI=1S/C19H21F2N3OS/c1-26-24-6-4-13(5-7-24)8-19(25)23-17-2-3-18(22-12-17)14-9-15(20)11-16(21)10-14/h2-3,9-13H,4-8H2,1H3,(H,23,25). The van der Waals surface area contributed by atoms with Crippen molar-refractivity contribution in [1.82, 2.24) is 9.29 Å². The third-order valence-electron chi connectivity index (χ3n) is 4.51. The molecule has 7 heteroatoms. The molecule has 1 N–H and O–H groups in total. The largest absolute Gasteiger partial charge is 0.325 e. The maximum atomic E-state index is 13.3. The maximum Gasteiger partial charge on any atom is 0.224 e. The minimum absolute atomic E-state index is 0.0287. The fourth-order valence-electron chi connectivity index (χ4n) is 3.11. The highest BCUT2D eigenvalue weighted by atomic mass is 32.2. The molecule has 4 nitrogen and oxygen atoms in total. The van der Waals surface area contributed by atoms with E-state index in [1.165, 1.54) is 18.3 Å². The molecule has 1 aliphatic rings. The number of nitrogens with zero attached hydrogens (tertiary/aromatic N) is 2. The van der Waals surface area contributed by atoms with E-state index in [9.17, 15) is 13.6 Å². The molecule has 3 rings (SSSR count). The summed E-state index contributed by atoms with van der Waals surface area (Å²) in [7, 11) is 0. The fourth-order valence-corrected chi connectivity index (χ4v) is 3.69. The summed E-state index contributed by atoms with van der Waals surface area (Å²) < 4.78 is 28.9. The number of pyridine rings is 1. The Morgan fingerprint density at radius 2 is 1.92 bits per heavy atom. The van der Waals surface area contributed by atoms with Gasteiger partial charge in [0.15, 0.2) is 0 Å². The van der Waals surface area contributed by atoms with Crippen LogP contribution in [0, 0.1) is 17.6 Å². The Balaban J connectivity index is 1.56. The molecule has 0 saturated carbocycles. The van der Waals surface area contributed by atoms with Gasteiger partial charge in [0.25, 0.3) is 0 Å². The number of aromatic nitrogens is 1. The molecular formula is C19H21F2N3OS. The van der Waals surface area contributed by atoms with Crippen LogP contribution < -0.4 is 5.32 Å². The first-order valence-corrected chi connectivity index (χ1v) is 9.73. The molecule has 0 radical (unpaired) electrons. The number of rotatable bonds is 5. The second-order valence-electron chi connectivity index (χ2n) is 6.40. The lowest BCUT2D eigenvalue weighted by Gasteiger charge is -2.29. The number of piperidine rings is 1. The predicted octanol–water partition coefficient (Wildman–Crippen LogP) is 4.35. The van der Waals surface area contributed by atoms with E-state index in [-0.39, 0.29) is 5.91 Å². The number of hydrogen-bond donors (Lipinski definition) is 1. The lowest BCUT2D eigenvalue weighted by Crippen LogP contribution is -2.30. The Morgan fingerprint density at radius 1 is 1.23 bits per heavy atom. The number of carbonyl (C=O) groups is 1. The highest BCUT2D eigenvalue weighted by molar-refractivity contribution is 7.96. The van der Waals surface area contributed by atoms with Crippen molar-refractivity contribution < 1.29 is 13.6 Å². The van der Waals surface area contributed by atoms with Crippen LogP contribution in [-0.4, -0.2) is 34.5 Å². The Hall–Kier alpha value is -1.99. The summed E-state index contributed by atoms with van der Waals surface area (Å²) in [5.74, 6) is -0.918. The van der Waals surface area contributed by atoms with Crippen molar-refractivity contribution in [2.75, 3.05) is 24.7 Å². The second kappa shape index (κ2) is 8.60. The summed E-state index contributed by atoms with van der Waals surface area (Å²) in [5, 5.41) is 2.85. The zero-order chi connectivity index (χ0) is 18.5. The molecule has 1 amide bonds. The summed E-state index contributed by atoms with van der Waals surface area (Å²) >= 11 is 1.75. The lowest BCUT2D eigenvalue weighted by molar-refractivity contribution is -0.117. The number of carbonyl (C=O) groups excluding carboxylic acids is 1. The van der Waals surface area contributed by atoms with E-state index in [4.69, 9.17) is 0 Å². The number of amides is 1. The number of anilines is 1. The summed E-state index contributed by atoms with van der Waals surface area (Å²) in [6.45, 7) is 2.03. The van der Waals surface area contributed by atoms with Gasteiger partial charge in [-0.25, -0.2) is 8.78 Å². The van der Waals surface area contributed by atoms with E-state index in [1.54, 1.807) is 24.1 Å². The lowest BCUT2D eigenvalue weighted by atomic mass is 9.94. The van der Waals surface area contributed by atoms with E-state index in [0.29, 0.717) is 29.3 Å². The molecule has 26 heavy (non-hydrogen) atoms. The molecule has 1 aromatic carbocycles. The van der Waals surface area contributed by atoms with Crippen molar-refractivity contribution in [3.63, 3.8) is 0 Å². The van der Waals surface area contributed by atoms with Crippen molar-refractivity contribution in [3.8, 4) is 11.3 Å². The van der Waals surface area contributed by atoms with Gasteiger partial charge in [0.1, 0.15) is 11.6 Å². The number of nitrogens with one attached hydrogen (secondary N) is 1. The average molecular weight is 377 g/mol.